The fourth-order valence-electron chi connectivity index (χ4n) is 1.99. The molecular formula is C21H34O6. The number of aliphatic hydroxyl groups is 3. The molecule has 1 aromatic rings. The van der Waals surface area contributed by atoms with Crippen molar-refractivity contribution in [2.75, 3.05) is 26.9 Å². The van der Waals surface area contributed by atoms with Crippen molar-refractivity contribution in [3.05, 3.63) is 41.7 Å². The maximum atomic E-state index is 11.9. The van der Waals surface area contributed by atoms with Gasteiger partial charge in [0.25, 0.3) is 0 Å². The maximum Gasteiger partial charge on any atom is 0.373 e. The molecule has 1 rings (SSSR count). The molecule has 0 spiro atoms. The summed E-state index contributed by atoms with van der Waals surface area (Å²) in [6.07, 6.45) is 5.12. The van der Waals surface area contributed by atoms with Crippen molar-refractivity contribution >= 4 is 12.0 Å². The lowest BCUT2D eigenvalue weighted by molar-refractivity contribution is -0.142. The molecule has 0 radical (unpaired) electrons. The van der Waals surface area contributed by atoms with Gasteiger partial charge in [-0.25, -0.2) is 4.79 Å². The summed E-state index contributed by atoms with van der Waals surface area (Å²) in [5, 5.41) is 24.0. The zero-order valence-electron chi connectivity index (χ0n) is 16.6. The van der Waals surface area contributed by atoms with E-state index < -0.39 is 12.1 Å². The van der Waals surface area contributed by atoms with Gasteiger partial charge >= 0.3 is 5.97 Å². The van der Waals surface area contributed by atoms with Crippen molar-refractivity contribution < 1.29 is 29.6 Å². The van der Waals surface area contributed by atoms with Gasteiger partial charge in [-0.3, -0.25) is 0 Å². The van der Waals surface area contributed by atoms with Crippen LogP contribution in [0.5, 0.6) is 0 Å². The minimum absolute atomic E-state index is 0.239. The first kappa shape index (κ1) is 25.1. The second kappa shape index (κ2) is 16.3. The second-order valence-corrected chi connectivity index (χ2v) is 6.29. The van der Waals surface area contributed by atoms with E-state index in [0.29, 0.717) is 6.61 Å². The quantitative estimate of drug-likeness (QED) is 0.236. The number of hydrogen-bond acceptors (Lipinski definition) is 6. The van der Waals surface area contributed by atoms with E-state index in [2.05, 4.69) is 13.8 Å². The molecule has 0 saturated carbocycles. The van der Waals surface area contributed by atoms with E-state index in [-0.39, 0.29) is 19.0 Å². The summed E-state index contributed by atoms with van der Waals surface area (Å²) in [6.45, 7) is 4.17. The number of methoxy groups -OCH3 is 1. The maximum absolute atomic E-state index is 11.9. The molecule has 27 heavy (non-hydrogen) atoms. The smallest absolute Gasteiger partial charge is 0.373 e. The third-order valence-corrected chi connectivity index (χ3v) is 3.96. The summed E-state index contributed by atoms with van der Waals surface area (Å²) >= 11 is 0. The number of benzene rings is 1. The molecule has 0 heterocycles. The molecule has 0 aliphatic heterocycles. The van der Waals surface area contributed by atoms with E-state index in [1.165, 1.54) is 20.0 Å². The largest absolute Gasteiger partial charge is 0.490 e. The Kier molecular flexibility index (Phi) is 15.2. The number of hydrogen-bond donors (Lipinski definition) is 3. The molecule has 1 aromatic carbocycles. The average Bonchev–Trinajstić information content (AvgIpc) is 2.71. The Morgan fingerprint density at radius 2 is 1.78 bits per heavy atom. The number of rotatable bonds is 11. The first-order valence-electron chi connectivity index (χ1n) is 9.36. The fraction of sp³-hybridized carbons (Fsp3) is 0.571. The Balaban J connectivity index is 0.000000972. The number of carbonyl (C=O) groups excluding carboxylic acids is 1. The molecule has 154 valence electrons. The van der Waals surface area contributed by atoms with Gasteiger partial charge in [-0.1, -0.05) is 57.0 Å². The summed E-state index contributed by atoms with van der Waals surface area (Å²) in [7, 11) is 1.49. The van der Waals surface area contributed by atoms with Crippen LogP contribution >= 0.6 is 0 Å². The lowest BCUT2D eigenvalue weighted by Crippen LogP contribution is -2.15. The van der Waals surface area contributed by atoms with E-state index in [4.69, 9.17) is 24.8 Å². The fourth-order valence-corrected chi connectivity index (χ4v) is 1.99. The minimum Gasteiger partial charge on any atom is -0.490 e. The molecule has 1 unspecified atom stereocenters. The van der Waals surface area contributed by atoms with Crippen LogP contribution in [-0.2, 0) is 14.3 Å². The highest BCUT2D eigenvalue weighted by Gasteiger charge is 2.11. The lowest BCUT2D eigenvalue weighted by Gasteiger charge is -2.09. The first-order chi connectivity index (χ1) is 13.0. The predicted molar refractivity (Wildman–Crippen MR) is 106 cm³/mol. The minimum atomic E-state index is -0.954. The van der Waals surface area contributed by atoms with Crippen LogP contribution in [-0.4, -0.2) is 54.3 Å². The van der Waals surface area contributed by atoms with Crippen molar-refractivity contribution in [3.63, 3.8) is 0 Å². The molecule has 6 nitrogen and oxygen atoms in total. The van der Waals surface area contributed by atoms with Gasteiger partial charge in [0.05, 0.1) is 26.9 Å². The number of aliphatic hydroxyl groups excluding tert-OH is 3. The molecule has 0 amide bonds. The molecule has 0 aromatic heterocycles. The van der Waals surface area contributed by atoms with Gasteiger partial charge in [-0.15, -0.1) is 0 Å². The van der Waals surface area contributed by atoms with Crippen LogP contribution in [0.15, 0.2) is 36.1 Å². The molecule has 0 aliphatic carbocycles. The van der Waals surface area contributed by atoms with Crippen LogP contribution in [0.2, 0.25) is 0 Å². The van der Waals surface area contributed by atoms with Crippen molar-refractivity contribution in [2.24, 2.45) is 5.92 Å². The van der Waals surface area contributed by atoms with Gasteiger partial charge in [0.15, 0.2) is 0 Å². The van der Waals surface area contributed by atoms with E-state index in [9.17, 15) is 4.79 Å². The zero-order valence-corrected chi connectivity index (χ0v) is 16.6. The highest BCUT2D eigenvalue weighted by Crippen LogP contribution is 2.12. The first-order valence-corrected chi connectivity index (χ1v) is 9.36. The SMILES string of the molecule is CCC(C)CCCCOC(=O)C(=Cc1ccccc1)OC.OCC(O)CO. The van der Waals surface area contributed by atoms with Crippen LogP contribution in [0.4, 0.5) is 0 Å². The third-order valence-electron chi connectivity index (χ3n) is 3.96. The summed E-state index contributed by atoms with van der Waals surface area (Å²) in [5.41, 5.74) is 0.920. The molecule has 6 heteroatoms. The lowest BCUT2D eigenvalue weighted by atomic mass is 10.0. The predicted octanol–water partition coefficient (Wildman–Crippen LogP) is 2.77. The summed E-state index contributed by atoms with van der Waals surface area (Å²) in [5.74, 6) is 0.584. The molecule has 1 atom stereocenters. The molecule has 0 saturated heterocycles. The van der Waals surface area contributed by atoms with Crippen molar-refractivity contribution in [3.8, 4) is 0 Å². The van der Waals surface area contributed by atoms with Crippen molar-refractivity contribution in [1.29, 1.82) is 0 Å². The van der Waals surface area contributed by atoms with Crippen molar-refractivity contribution in [1.82, 2.24) is 0 Å². The normalized spacial score (nSPS) is 12.2. The standard InChI is InChI=1S/C18H26O3.C3H8O3/c1-4-15(2)10-8-9-13-21-18(19)17(20-3)14-16-11-6-5-7-12-16;4-1-3(6)2-5/h5-7,11-12,14-15H,4,8-10,13H2,1-3H3;3-6H,1-2H2. The highest BCUT2D eigenvalue weighted by molar-refractivity contribution is 5.91. The van der Waals surface area contributed by atoms with E-state index in [0.717, 1.165) is 24.3 Å². The van der Waals surface area contributed by atoms with Gasteiger partial charge in [-0.2, -0.15) is 0 Å². The summed E-state index contributed by atoms with van der Waals surface area (Å²) in [6, 6.07) is 9.59. The van der Waals surface area contributed by atoms with E-state index in [1.54, 1.807) is 6.08 Å². The van der Waals surface area contributed by atoms with Crippen LogP contribution in [0.25, 0.3) is 6.08 Å². The Hall–Kier alpha value is -1.89. The highest BCUT2D eigenvalue weighted by atomic mass is 16.6. The van der Waals surface area contributed by atoms with Crippen LogP contribution in [0.3, 0.4) is 0 Å². The molecular weight excluding hydrogens is 348 g/mol. The van der Waals surface area contributed by atoms with Gasteiger partial charge in [0.2, 0.25) is 5.76 Å². The summed E-state index contributed by atoms with van der Waals surface area (Å²) < 4.78 is 10.4. The van der Waals surface area contributed by atoms with Crippen molar-refractivity contribution in [2.45, 2.75) is 45.6 Å². The molecule has 0 aliphatic rings. The molecule has 0 bridgehead atoms. The van der Waals surface area contributed by atoms with Gasteiger partial charge in [-0.05, 0) is 30.4 Å². The Bertz CT molecular complexity index is 511. The Morgan fingerprint density at radius 1 is 1.15 bits per heavy atom. The van der Waals surface area contributed by atoms with Crippen LogP contribution in [0.1, 0.15) is 45.1 Å². The Morgan fingerprint density at radius 3 is 2.26 bits per heavy atom. The molecule has 0 fully saturated rings. The summed E-state index contributed by atoms with van der Waals surface area (Å²) in [4.78, 5) is 11.9. The van der Waals surface area contributed by atoms with E-state index in [1.807, 2.05) is 30.3 Å². The van der Waals surface area contributed by atoms with Gasteiger partial charge < -0.3 is 24.8 Å². The number of esters is 1. The topological polar surface area (TPSA) is 96.2 Å². The third kappa shape index (κ3) is 13.0. The van der Waals surface area contributed by atoms with Crippen LogP contribution in [0, 0.1) is 5.92 Å². The monoisotopic (exact) mass is 382 g/mol. The average molecular weight is 382 g/mol. The number of carbonyl (C=O) groups is 1. The van der Waals surface area contributed by atoms with E-state index >= 15 is 0 Å². The number of ether oxygens (including phenoxy) is 2. The zero-order chi connectivity index (χ0) is 20.5. The molecule has 3 N–H and O–H groups in total. The number of unbranched alkanes of at least 4 members (excludes halogenated alkanes) is 1. The van der Waals surface area contributed by atoms with Gasteiger partial charge in [0, 0.05) is 0 Å². The van der Waals surface area contributed by atoms with Crippen LogP contribution < -0.4 is 0 Å². The Labute approximate surface area is 162 Å². The van der Waals surface area contributed by atoms with Gasteiger partial charge in [0.1, 0.15) is 6.10 Å². The second-order valence-electron chi connectivity index (χ2n) is 6.29.